The number of aryl methyl sites for hydroxylation is 1. The number of rotatable bonds is 4. The summed E-state index contributed by atoms with van der Waals surface area (Å²) in [5.74, 6) is 2.01. The summed E-state index contributed by atoms with van der Waals surface area (Å²) in [5, 5.41) is 0.555. The molecule has 1 aliphatic heterocycles. The van der Waals surface area contributed by atoms with Crippen molar-refractivity contribution in [1.82, 2.24) is 5.06 Å². The molecule has 1 heterocycles. The smallest absolute Gasteiger partial charge is 0.370 e. The number of hydrogen-bond acceptors (Lipinski definition) is 5. The van der Waals surface area contributed by atoms with Crippen LogP contribution in [0, 0.1) is 23.2 Å². The Morgan fingerprint density at radius 3 is 2.65 bits per heavy atom. The van der Waals surface area contributed by atoms with Crippen molar-refractivity contribution in [3.05, 3.63) is 29.3 Å². The van der Waals surface area contributed by atoms with E-state index in [-0.39, 0.29) is 19.4 Å². The van der Waals surface area contributed by atoms with Gasteiger partial charge in [0, 0.05) is 12.8 Å². The lowest BCUT2D eigenvalue weighted by Crippen LogP contribution is -2.41. The fraction of sp³-hybridized carbons (Fsp3) is 0.640. The van der Waals surface area contributed by atoms with E-state index in [2.05, 4.69) is 26.0 Å². The number of nitrogens with zero attached hydrogens (tertiary/aromatic N) is 1. The van der Waals surface area contributed by atoms with Gasteiger partial charge in [0.1, 0.15) is 5.75 Å². The normalized spacial score (nSPS) is 34.2. The van der Waals surface area contributed by atoms with Crippen molar-refractivity contribution >= 4 is 17.8 Å². The number of carbonyl (C=O) groups excluding carboxylic acids is 3. The summed E-state index contributed by atoms with van der Waals surface area (Å²) < 4.78 is 5.63. The van der Waals surface area contributed by atoms with Gasteiger partial charge in [0.25, 0.3) is 11.8 Å². The summed E-state index contributed by atoms with van der Waals surface area (Å²) in [6.07, 6.45) is 7.77. The van der Waals surface area contributed by atoms with Crippen LogP contribution in [0.2, 0.25) is 0 Å². The fourth-order valence-electron chi connectivity index (χ4n) is 6.84. The molecule has 3 fully saturated rings. The molecule has 0 N–H and O–H groups in total. The van der Waals surface area contributed by atoms with E-state index in [1.165, 1.54) is 43.2 Å². The Balaban J connectivity index is 1.24. The van der Waals surface area contributed by atoms with Crippen LogP contribution < -0.4 is 4.74 Å². The third-order valence-electron chi connectivity index (χ3n) is 8.73. The molecule has 5 atom stereocenters. The molecular formula is C25H31NO5. The van der Waals surface area contributed by atoms with Crippen molar-refractivity contribution in [2.24, 2.45) is 23.2 Å². The zero-order chi connectivity index (χ0) is 21.8. The lowest BCUT2D eigenvalue weighted by molar-refractivity contribution is -0.198. The van der Waals surface area contributed by atoms with E-state index >= 15 is 0 Å². The number of ether oxygens (including phenoxy) is 1. The molecule has 2 saturated carbocycles. The Bertz CT molecular complexity index is 910. The number of imide groups is 1. The van der Waals surface area contributed by atoms with Gasteiger partial charge in [-0.3, -0.25) is 9.59 Å². The van der Waals surface area contributed by atoms with Gasteiger partial charge >= 0.3 is 5.97 Å². The molecule has 1 aromatic carbocycles. The van der Waals surface area contributed by atoms with Crippen molar-refractivity contribution in [3.8, 4) is 5.75 Å². The third-order valence-corrected chi connectivity index (χ3v) is 8.73. The standard InChI is InChI=1S/C25H31NO5/c1-15-3-8-21-20-6-4-16-13-17(5-7-18(16)19(20)11-12-25(15,21)2)30-14-24(29)31-26-22(27)9-10-23(26)28/h5,7,13,15,19-21H,3-4,6,8-12,14H2,1-2H3. The maximum atomic E-state index is 12.0. The van der Waals surface area contributed by atoms with E-state index in [0.717, 1.165) is 24.2 Å². The Morgan fingerprint density at radius 1 is 1.10 bits per heavy atom. The SMILES string of the molecule is CC1CCC2C3CCc4cc(OCC(=O)ON5C(=O)CCC5=O)ccc4C3CCC12C. The van der Waals surface area contributed by atoms with E-state index in [9.17, 15) is 14.4 Å². The largest absolute Gasteiger partial charge is 0.482 e. The van der Waals surface area contributed by atoms with E-state index in [4.69, 9.17) is 9.57 Å². The van der Waals surface area contributed by atoms with Crippen molar-refractivity contribution in [2.45, 2.75) is 71.1 Å². The maximum absolute atomic E-state index is 12.0. The highest BCUT2D eigenvalue weighted by atomic mass is 16.7. The third kappa shape index (κ3) is 3.44. The number of hydrogen-bond donors (Lipinski definition) is 0. The monoisotopic (exact) mass is 425 g/mol. The van der Waals surface area contributed by atoms with Crippen LogP contribution in [-0.2, 0) is 25.6 Å². The van der Waals surface area contributed by atoms with Crippen molar-refractivity contribution < 1.29 is 24.0 Å². The molecule has 4 aliphatic rings. The number of benzene rings is 1. The van der Waals surface area contributed by atoms with Crippen LogP contribution in [0.15, 0.2) is 18.2 Å². The topological polar surface area (TPSA) is 72.9 Å². The van der Waals surface area contributed by atoms with Crippen LogP contribution >= 0.6 is 0 Å². The molecule has 6 heteroatoms. The zero-order valence-electron chi connectivity index (χ0n) is 18.4. The van der Waals surface area contributed by atoms with Gasteiger partial charge in [-0.25, -0.2) is 4.79 Å². The zero-order valence-corrected chi connectivity index (χ0v) is 18.4. The Labute approximate surface area is 183 Å². The van der Waals surface area contributed by atoms with Crippen LogP contribution in [0.4, 0.5) is 0 Å². The van der Waals surface area contributed by atoms with Gasteiger partial charge in [-0.1, -0.05) is 19.9 Å². The van der Waals surface area contributed by atoms with Gasteiger partial charge in [0.2, 0.25) is 0 Å². The number of hydroxylamine groups is 2. The lowest BCUT2D eigenvalue weighted by atomic mass is 9.54. The van der Waals surface area contributed by atoms with Crippen molar-refractivity contribution in [2.75, 3.05) is 6.61 Å². The van der Waals surface area contributed by atoms with Gasteiger partial charge in [-0.2, -0.15) is 0 Å². The summed E-state index contributed by atoms with van der Waals surface area (Å²) in [6.45, 7) is 4.64. The molecule has 166 valence electrons. The van der Waals surface area contributed by atoms with Crippen LogP contribution in [0.3, 0.4) is 0 Å². The minimum atomic E-state index is -0.747. The Morgan fingerprint density at radius 2 is 1.87 bits per heavy atom. The second-order valence-electron chi connectivity index (χ2n) is 10.1. The number of carbonyl (C=O) groups is 3. The highest BCUT2D eigenvalue weighted by molar-refractivity contribution is 6.01. The average molecular weight is 426 g/mol. The molecule has 1 aromatic rings. The minimum Gasteiger partial charge on any atom is -0.482 e. The van der Waals surface area contributed by atoms with Crippen LogP contribution in [0.25, 0.3) is 0 Å². The molecule has 0 aromatic heterocycles. The summed E-state index contributed by atoms with van der Waals surface area (Å²) in [6, 6.07) is 6.17. The van der Waals surface area contributed by atoms with Gasteiger partial charge in [0.15, 0.2) is 6.61 Å². The maximum Gasteiger partial charge on any atom is 0.370 e. The van der Waals surface area contributed by atoms with Gasteiger partial charge in [-0.05, 0) is 90.9 Å². The first kappa shape index (κ1) is 20.5. The molecule has 31 heavy (non-hydrogen) atoms. The van der Waals surface area contributed by atoms with E-state index < -0.39 is 17.8 Å². The molecule has 0 bridgehead atoms. The van der Waals surface area contributed by atoms with Crippen LogP contribution in [0.5, 0.6) is 5.75 Å². The van der Waals surface area contributed by atoms with Gasteiger partial charge in [0.05, 0.1) is 0 Å². The molecule has 3 aliphatic carbocycles. The first-order chi connectivity index (χ1) is 14.9. The van der Waals surface area contributed by atoms with E-state index in [1.807, 2.05) is 6.07 Å². The van der Waals surface area contributed by atoms with Crippen LogP contribution in [0.1, 0.15) is 75.8 Å². The number of fused-ring (bicyclic) bond motifs is 5. The highest BCUT2D eigenvalue weighted by Crippen LogP contribution is 2.62. The van der Waals surface area contributed by atoms with E-state index in [1.54, 1.807) is 0 Å². The predicted octanol–water partition coefficient (Wildman–Crippen LogP) is 4.16. The molecule has 5 rings (SSSR count). The summed E-state index contributed by atoms with van der Waals surface area (Å²) >= 11 is 0. The second-order valence-corrected chi connectivity index (χ2v) is 10.1. The summed E-state index contributed by atoms with van der Waals surface area (Å²) in [7, 11) is 0. The van der Waals surface area contributed by atoms with Crippen LogP contribution in [-0.4, -0.2) is 29.5 Å². The van der Waals surface area contributed by atoms with Crippen molar-refractivity contribution in [1.29, 1.82) is 0 Å². The van der Waals surface area contributed by atoms with Gasteiger partial charge in [-0.15, -0.1) is 5.06 Å². The summed E-state index contributed by atoms with van der Waals surface area (Å²) in [4.78, 5) is 40.0. The quantitative estimate of drug-likeness (QED) is 0.677. The molecule has 6 nitrogen and oxygen atoms in total. The molecule has 0 spiro atoms. The first-order valence-electron chi connectivity index (χ1n) is 11.7. The lowest BCUT2D eigenvalue weighted by Gasteiger charge is -2.50. The second kappa shape index (κ2) is 7.64. The molecular weight excluding hydrogens is 394 g/mol. The summed E-state index contributed by atoms with van der Waals surface area (Å²) in [5.41, 5.74) is 3.30. The number of amides is 2. The van der Waals surface area contributed by atoms with E-state index in [0.29, 0.717) is 22.1 Å². The Hall–Kier alpha value is -2.37. The minimum absolute atomic E-state index is 0.0822. The highest BCUT2D eigenvalue weighted by Gasteiger charge is 2.53. The molecule has 5 unspecified atom stereocenters. The average Bonchev–Trinajstić information content (AvgIpc) is 3.24. The molecule has 2 amide bonds. The van der Waals surface area contributed by atoms with Gasteiger partial charge < -0.3 is 9.57 Å². The predicted molar refractivity (Wildman–Crippen MR) is 113 cm³/mol. The molecule has 0 radical (unpaired) electrons. The van der Waals surface area contributed by atoms with Crippen molar-refractivity contribution in [3.63, 3.8) is 0 Å². The first-order valence-corrected chi connectivity index (χ1v) is 11.7. The fourth-order valence-corrected chi connectivity index (χ4v) is 6.84. The molecule has 1 saturated heterocycles. The Kier molecular flexibility index (Phi) is 5.06.